The second kappa shape index (κ2) is 6.95. The Balaban J connectivity index is 2.10. The van der Waals surface area contributed by atoms with Crippen molar-refractivity contribution in [2.75, 3.05) is 20.3 Å². The number of hydrogen-bond donors (Lipinski definition) is 1. The molecule has 0 radical (unpaired) electrons. The minimum absolute atomic E-state index is 0.00745. The Labute approximate surface area is 94.4 Å². The smallest absolute Gasteiger partial charge is 0.220 e. The second-order valence-corrected chi connectivity index (χ2v) is 3.41. The monoisotopic (exact) mass is 227 g/mol. The van der Waals surface area contributed by atoms with E-state index in [-0.39, 0.29) is 5.91 Å². The van der Waals surface area contributed by atoms with Gasteiger partial charge in [0.15, 0.2) is 0 Å². The molecule has 0 bridgehead atoms. The van der Waals surface area contributed by atoms with Gasteiger partial charge in [0.05, 0.1) is 0 Å². The Morgan fingerprint density at radius 1 is 1.50 bits per heavy atom. The van der Waals surface area contributed by atoms with E-state index in [0.29, 0.717) is 37.8 Å². The van der Waals surface area contributed by atoms with E-state index in [2.05, 4.69) is 15.5 Å². The molecule has 0 fully saturated rings. The van der Waals surface area contributed by atoms with E-state index in [1.54, 1.807) is 14.0 Å². The maximum Gasteiger partial charge on any atom is 0.220 e. The summed E-state index contributed by atoms with van der Waals surface area (Å²) in [5, 5.41) is 10.3. The molecule has 1 rings (SSSR count). The highest BCUT2D eigenvalue weighted by atomic mass is 16.5. The molecule has 1 N–H and O–H groups in total. The van der Waals surface area contributed by atoms with Crippen molar-refractivity contribution in [3.05, 3.63) is 11.8 Å². The van der Waals surface area contributed by atoms with Crippen LogP contribution in [0.5, 0.6) is 0 Å². The molecule has 0 spiro atoms. The van der Waals surface area contributed by atoms with Crippen LogP contribution >= 0.6 is 0 Å². The van der Waals surface area contributed by atoms with Gasteiger partial charge in [-0.3, -0.25) is 4.79 Å². The lowest BCUT2D eigenvalue weighted by molar-refractivity contribution is -0.121. The van der Waals surface area contributed by atoms with Crippen molar-refractivity contribution in [3.8, 4) is 0 Å². The lowest BCUT2D eigenvalue weighted by Gasteiger charge is -2.03. The summed E-state index contributed by atoms with van der Waals surface area (Å²) in [5.74, 6) is 1.02. The number of amides is 1. The second-order valence-electron chi connectivity index (χ2n) is 3.41. The maximum absolute atomic E-state index is 11.3. The van der Waals surface area contributed by atoms with Crippen LogP contribution in [0.3, 0.4) is 0 Å². The van der Waals surface area contributed by atoms with Crippen LogP contribution in [0.2, 0.25) is 0 Å². The zero-order valence-corrected chi connectivity index (χ0v) is 9.65. The van der Waals surface area contributed by atoms with Crippen LogP contribution in [-0.4, -0.2) is 36.4 Å². The van der Waals surface area contributed by atoms with E-state index in [0.717, 1.165) is 6.42 Å². The normalized spacial score (nSPS) is 10.4. The molecule has 0 aliphatic carbocycles. The Bertz CT molecular complexity index is 325. The standard InChI is InChI=1S/C10H17N3O3/c1-8-12-13-10(16-8)5-4-9(14)11-6-3-7-15-2/h3-7H2,1-2H3,(H,11,14). The average molecular weight is 227 g/mol. The number of nitrogens with one attached hydrogen (secondary N) is 1. The van der Waals surface area contributed by atoms with Crippen molar-refractivity contribution >= 4 is 5.91 Å². The number of carbonyl (C=O) groups excluding carboxylic acids is 1. The molecule has 0 aliphatic heterocycles. The molecule has 16 heavy (non-hydrogen) atoms. The Hall–Kier alpha value is -1.43. The van der Waals surface area contributed by atoms with E-state index >= 15 is 0 Å². The number of carbonyl (C=O) groups is 1. The van der Waals surface area contributed by atoms with Crippen molar-refractivity contribution in [3.63, 3.8) is 0 Å². The van der Waals surface area contributed by atoms with Gasteiger partial charge in [-0.05, 0) is 6.42 Å². The summed E-state index contributed by atoms with van der Waals surface area (Å²) in [7, 11) is 1.64. The minimum Gasteiger partial charge on any atom is -0.426 e. The maximum atomic E-state index is 11.3. The van der Waals surface area contributed by atoms with Crippen LogP contribution in [0.25, 0.3) is 0 Å². The average Bonchev–Trinajstić information content (AvgIpc) is 2.68. The third-order valence-electron chi connectivity index (χ3n) is 1.98. The van der Waals surface area contributed by atoms with Gasteiger partial charge in [0.25, 0.3) is 0 Å². The van der Waals surface area contributed by atoms with E-state index in [4.69, 9.17) is 9.15 Å². The molecule has 90 valence electrons. The fraction of sp³-hybridized carbons (Fsp3) is 0.700. The fourth-order valence-corrected chi connectivity index (χ4v) is 1.19. The highest BCUT2D eigenvalue weighted by Crippen LogP contribution is 2.00. The van der Waals surface area contributed by atoms with Crippen molar-refractivity contribution in [2.45, 2.75) is 26.2 Å². The van der Waals surface area contributed by atoms with Crippen LogP contribution in [0.4, 0.5) is 0 Å². The summed E-state index contributed by atoms with van der Waals surface area (Å²) in [6.45, 7) is 3.01. The number of ether oxygens (including phenoxy) is 1. The van der Waals surface area contributed by atoms with E-state index in [1.807, 2.05) is 0 Å². The Morgan fingerprint density at radius 2 is 2.31 bits per heavy atom. The van der Waals surface area contributed by atoms with Crippen molar-refractivity contribution < 1.29 is 13.9 Å². The van der Waals surface area contributed by atoms with Crippen LogP contribution in [0.15, 0.2) is 4.42 Å². The third kappa shape index (κ3) is 4.88. The lowest BCUT2D eigenvalue weighted by atomic mass is 10.3. The molecular formula is C10H17N3O3. The molecule has 0 unspecified atom stereocenters. The molecule has 0 saturated carbocycles. The largest absolute Gasteiger partial charge is 0.426 e. The first-order valence-electron chi connectivity index (χ1n) is 5.27. The Kier molecular flexibility index (Phi) is 5.49. The molecule has 1 aromatic heterocycles. The predicted octanol–water partition coefficient (Wildman–Crippen LogP) is 0.463. The van der Waals surface area contributed by atoms with Gasteiger partial charge in [0.1, 0.15) is 0 Å². The van der Waals surface area contributed by atoms with Gasteiger partial charge >= 0.3 is 0 Å². The van der Waals surface area contributed by atoms with Crippen LogP contribution < -0.4 is 5.32 Å². The van der Waals surface area contributed by atoms with Gasteiger partial charge in [-0.15, -0.1) is 10.2 Å². The third-order valence-corrected chi connectivity index (χ3v) is 1.98. The number of nitrogens with zero attached hydrogens (tertiary/aromatic N) is 2. The van der Waals surface area contributed by atoms with Gasteiger partial charge in [-0.25, -0.2) is 0 Å². The molecule has 6 heteroatoms. The summed E-state index contributed by atoms with van der Waals surface area (Å²) in [6, 6.07) is 0. The highest BCUT2D eigenvalue weighted by Gasteiger charge is 2.06. The Morgan fingerprint density at radius 3 is 2.94 bits per heavy atom. The molecule has 0 saturated heterocycles. The van der Waals surface area contributed by atoms with Gasteiger partial charge in [0, 0.05) is 40.0 Å². The van der Waals surface area contributed by atoms with Crippen molar-refractivity contribution in [1.29, 1.82) is 0 Å². The molecule has 1 heterocycles. The van der Waals surface area contributed by atoms with Crippen molar-refractivity contribution in [2.24, 2.45) is 0 Å². The summed E-state index contributed by atoms with van der Waals surface area (Å²) in [5.41, 5.74) is 0. The quantitative estimate of drug-likeness (QED) is 0.685. The molecule has 0 aromatic carbocycles. The van der Waals surface area contributed by atoms with Crippen LogP contribution in [0.1, 0.15) is 24.6 Å². The first kappa shape index (κ1) is 12.6. The van der Waals surface area contributed by atoms with Gasteiger partial charge in [0.2, 0.25) is 17.7 Å². The number of aryl methyl sites for hydroxylation is 2. The van der Waals surface area contributed by atoms with Gasteiger partial charge in [-0.2, -0.15) is 0 Å². The first-order chi connectivity index (χ1) is 7.72. The lowest BCUT2D eigenvalue weighted by Crippen LogP contribution is -2.25. The minimum atomic E-state index is -0.00745. The van der Waals surface area contributed by atoms with E-state index in [9.17, 15) is 4.79 Å². The predicted molar refractivity (Wildman–Crippen MR) is 56.9 cm³/mol. The van der Waals surface area contributed by atoms with Crippen molar-refractivity contribution in [1.82, 2.24) is 15.5 Å². The topological polar surface area (TPSA) is 77.2 Å². The fourth-order valence-electron chi connectivity index (χ4n) is 1.19. The summed E-state index contributed by atoms with van der Waals surface area (Å²) in [6.07, 6.45) is 1.67. The van der Waals surface area contributed by atoms with E-state index in [1.165, 1.54) is 0 Å². The summed E-state index contributed by atoms with van der Waals surface area (Å²) in [4.78, 5) is 11.3. The zero-order valence-electron chi connectivity index (χ0n) is 9.65. The highest BCUT2D eigenvalue weighted by molar-refractivity contribution is 5.75. The summed E-state index contributed by atoms with van der Waals surface area (Å²) < 4.78 is 10.0. The SMILES string of the molecule is COCCCNC(=O)CCc1nnc(C)o1. The number of rotatable bonds is 7. The molecular weight excluding hydrogens is 210 g/mol. The van der Waals surface area contributed by atoms with Crippen LogP contribution in [0, 0.1) is 6.92 Å². The van der Waals surface area contributed by atoms with Gasteiger partial charge in [-0.1, -0.05) is 0 Å². The molecule has 0 aliphatic rings. The molecule has 1 aromatic rings. The zero-order chi connectivity index (χ0) is 11.8. The van der Waals surface area contributed by atoms with Crippen LogP contribution in [-0.2, 0) is 16.0 Å². The number of aromatic nitrogens is 2. The molecule has 1 amide bonds. The number of hydrogen-bond acceptors (Lipinski definition) is 5. The first-order valence-corrected chi connectivity index (χ1v) is 5.27. The summed E-state index contributed by atoms with van der Waals surface area (Å²) >= 11 is 0. The van der Waals surface area contributed by atoms with E-state index < -0.39 is 0 Å². The molecule has 6 nitrogen and oxygen atoms in total. The molecule has 0 atom stereocenters. The van der Waals surface area contributed by atoms with Gasteiger partial charge < -0.3 is 14.5 Å². The number of methoxy groups -OCH3 is 1.